The van der Waals surface area contributed by atoms with E-state index in [9.17, 15) is 14.4 Å². The Bertz CT molecular complexity index is 722. The first-order valence-corrected chi connectivity index (χ1v) is 10.6. The van der Waals surface area contributed by atoms with E-state index in [1.54, 1.807) is 6.92 Å². The van der Waals surface area contributed by atoms with Crippen LogP contribution < -0.4 is 0 Å². The van der Waals surface area contributed by atoms with Gasteiger partial charge in [-0.1, -0.05) is 19.4 Å². The summed E-state index contributed by atoms with van der Waals surface area (Å²) in [5.41, 5.74) is 1.07. The van der Waals surface area contributed by atoms with Crippen molar-refractivity contribution < 1.29 is 19.1 Å². The molecular weight excluding hydrogens is 340 g/mol. The van der Waals surface area contributed by atoms with Crippen LogP contribution in [0.1, 0.15) is 72.6 Å². The van der Waals surface area contributed by atoms with Gasteiger partial charge in [-0.2, -0.15) is 0 Å². The molecule has 0 aromatic heterocycles. The molecule has 3 fully saturated rings. The van der Waals surface area contributed by atoms with Crippen LogP contribution in [0.2, 0.25) is 0 Å². The maximum Gasteiger partial charge on any atom is 0.302 e. The number of carbonyl (C=O) groups is 3. The van der Waals surface area contributed by atoms with Crippen molar-refractivity contribution in [3.05, 3.63) is 11.6 Å². The second kappa shape index (κ2) is 6.28. The van der Waals surface area contributed by atoms with E-state index in [0.717, 1.165) is 38.5 Å². The van der Waals surface area contributed by atoms with E-state index < -0.39 is 0 Å². The smallest absolute Gasteiger partial charge is 0.302 e. The lowest BCUT2D eigenvalue weighted by Crippen LogP contribution is -2.56. The van der Waals surface area contributed by atoms with Crippen molar-refractivity contribution in [2.24, 2.45) is 34.5 Å². The van der Waals surface area contributed by atoms with Gasteiger partial charge in [-0.05, 0) is 74.7 Å². The van der Waals surface area contributed by atoms with Gasteiger partial charge in [-0.3, -0.25) is 14.4 Å². The topological polar surface area (TPSA) is 60.4 Å². The predicted octanol–water partition coefficient (Wildman–Crippen LogP) is 4.27. The monoisotopic (exact) mass is 372 g/mol. The summed E-state index contributed by atoms with van der Waals surface area (Å²) in [5, 5.41) is 0. The quantitative estimate of drug-likeness (QED) is 0.679. The van der Waals surface area contributed by atoms with Crippen molar-refractivity contribution in [3.8, 4) is 0 Å². The summed E-state index contributed by atoms with van der Waals surface area (Å²) in [6.45, 7) is 7.78. The fraction of sp³-hybridized carbons (Fsp3) is 0.783. The van der Waals surface area contributed by atoms with Crippen molar-refractivity contribution >= 4 is 17.5 Å². The minimum atomic E-state index is -0.343. The normalized spacial score (nSPS) is 46.0. The van der Waals surface area contributed by atoms with Gasteiger partial charge in [0.05, 0.1) is 0 Å². The summed E-state index contributed by atoms with van der Waals surface area (Å²) in [4.78, 5) is 36.3. The summed E-state index contributed by atoms with van der Waals surface area (Å²) in [7, 11) is 0. The Hall–Kier alpha value is -1.45. The molecule has 3 saturated carbocycles. The molecule has 4 nitrogen and oxygen atoms in total. The number of ether oxygens (including phenoxy) is 1. The molecule has 4 aliphatic carbocycles. The second-order valence-electron chi connectivity index (χ2n) is 9.92. The zero-order valence-electron chi connectivity index (χ0n) is 17.0. The van der Waals surface area contributed by atoms with Gasteiger partial charge in [0.15, 0.2) is 5.78 Å². The van der Waals surface area contributed by atoms with E-state index in [-0.39, 0.29) is 34.6 Å². The van der Waals surface area contributed by atoms with Crippen LogP contribution in [0.4, 0.5) is 0 Å². The lowest BCUT2D eigenvalue weighted by atomic mass is 9.46. The van der Waals surface area contributed by atoms with Crippen LogP contribution in [0.3, 0.4) is 0 Å². The van der Waals surface area contributed by atoms with Crippen LogP contribution in [-0.4, -0.2) is 23.6 Å². The van der Waals surface area contributed by atoms with Gasteiger partial charge in [0, 0.05) is 24.7 Å². The molecule has 0 saturated heterocycles. The largest absolute Gasteiger partial charge is 0.461 e. The van der Waals surface area contributed by atoms with E-state index in [4.69, 9.17) is 4.74 Å². The molecule has 7 atom stereocenters. The highest BCUT2D eigenvalue weighted by atomic mass is 16.5. The lowest BCUT2D eigenvalue weighted by molar-refractivity contribution is -0.164. The van der Waals surface area contributed by atoms with E-state index in [1.807, 2.05) is 6.08 Å². The predicted molar refractivity (Wildman–Crippen MR) is 102 cm³/mol. The molecule has 4 heteroatoms. The fourth-order valence-corrected chi connectivity index (χ4v) is 7.62. The SMILES string of the molecule is CC(=O)O[C@@H]1CC(=O)C=C2CC[C@H]3[C@@H]4CC[C@H](C(C)=O)[C@@]4(C)CC[C@@H]3[C@]21C. The Kier molecular flexibility index (Phi) is 4.40. The minimum Gasteiger partial charge on any atom is -0.461 e. The first kappa shape index (κ1) is 18.9. The molecule has 4 aliphatic rings. The summed E-state index contributed by atoms with van der Waals surface area (Å²) >= 11 is 0. The minimum absolute atomic E-state index is 0.0883. The van der Waals surface area contributed by atoms with Crippen molar-refractivity contribution in [1.29, 1.82) is 0 Å². The van der Waals surface area contributed by atoms with Crippen molar-refractivity contribution in [2.75, 3.05) is 0 Å². The number of rotatable bonds is 2. The number of hydrogen-bond donors (Lipinski definition) is 0. The van der Waals surface area contributed by atoms with Crippen LogP contribution in [0.25, 0.3) is 0 Å². The Morgan fingerprint density at radius 2 is 1.81 bits per heavy atom. The summed E-state index contributed by atoms with van der Waals surface area (Å²) < 4.78 is 5.72. The second-order valence-corrected chi connectivity index (χ2v) is 9.92. The first-order valence-electron chi connectivity index (χ1n) is 10.6. The average molecular weight is 373 g/mol. The standard InChI is InChI=1S/C23H32O4/c1-13(24)18-7-8-19-17-6-5-15-11-16(26)12-21(27-14(2)25)23(15,4)20(17)9-10-22(18,19)3/h11,17-21H,5-10,12H2,1-4H3/t17-,18+,19-,20-,21+,22+,23-/m0/s1. The maximum absolute atomic E-state index is 12.3. The molecule has 27 heavy (non-hydrogen) atoms. The van der Waals surface area contributed by atoms with Gasteiger partial charge >= 0.3 is 5.97 Å². The highest BCUT2D eigenvalue weighted by Crippen LogP contribution is 2.66. The molecule has 0 N–H and O–H groups in total. The molecule has 0 heterocycles. The zero-order valence-corrected chi connectivity index (χ0v) is 17.0. The first-order chi connectivity index (χ1) is 12.7. The maximum atomic E-state index is 12.3. The van der Waals surface area contributed by atoms with Crippen LogP contribution in [0.5, 0.6) is 0 Å². The molecule has 0 amide bonds. The van der Waals surface area contributed by atoms with Crippen LogP contribution in [0.15, 0.2) is 11.6 Å². The Balaban J connectivity index is 1.70. The van der Waals surface area contributed by atoms with Gasteiger partial charge in [0.25, 0.3) is 0 Å². The lowest BCUT2D eigenvalue weighted by Gasteiger charge is -2.59. The third-order valence-electron chi connectivity index (χ3n) is 8.84. The number of carbonyl (C=O) groups excluding carboxylic acids is 3. The van der Waals surface area contributed by atoms with Crippen molar-refractivity contribution in [1.82, 2.24) is 0 Å². The van der Waals surface area contributed by atoms with Gasteiger partial charge in [-0.15, -0.1) is 0 Å². The molecule has 0 bridgehead atoms. The molecule has 148 valence electrons. The van der Waals surface area contributed by atoms with E-state index in [2.05, 4.69) is 13.8 Å². The van der Waals surface area contributed by atoms with Crippen LogP contribution in [0, 0.1) is 34.5 Å². The van der Waals surface area contributed by atoms with Gasteiger partial charge in [-0.25, -0.2) is 0 Å². The number of esters is 1. The third-order valence-corrected chi connectivity index (χ3v) is 8.84. The van der Waals surface area contributed by atoms with E-state index in [0.29, 0.717) is 30.0 Å². The number of hydrogen-bond acceptors (Lipinski definition) is 4. The Morgan fingerprint density at radius 1 is 1.07 bits per heavy atom. The molecule has 0 aromatic rings. The molecule has 4 rings (SSSR count). The van der Waals surface area contributed by atoms with E-state index in [1.165, 1.54) is 12.5 Å². The molecule has 0 aliphatic heterocycles. The Labute approximate surface area is 162 Å². The molecular formula is C23H32O4. The van der Waals surface area contributed by atoms with Crippen molar-refractivity contribution in [3.63, 3.8) is 0 Å². The van der Waals surface area contributed by atoms with Gasteiger partial charge in [0.2, 0.25) is 0 Å². The number of Topliss-reactive ketones (excluding diaryl/α,β-unsaturated/α-hetero) is 1. The summed E-state index contributed by atoms with van der Waals surface area (Å²) in [6, 6.07) is 0. The van der Waals surface area contributed by atoms with Crippen LogP contribution >= 0.6 is 0 Å². The third kappa shape index (κ3) is 2.66. The van der Waals surface area contributed by atoms with Gasteiger partial charge in [0.1, 0.15) is 11.9 Å². The Morgan fingerprint density at radius 3 is 2.48 bits per heavy atom. The van der Waals surface area contributed by atoms with Gasteiger partial charge < -0.3 is 4.74 Å². The molecule has 0 radical (unpaired) electrons. The highest BCUT2D eigenvalue weighted by molar-refractivity contribution is 5.92. The molecule has 0 unspecified atom stereocenters. The summed E-state index contributed by atoms with van der Waals surface area (Å²) in [6.07, 6.45) is 8.09. The fourth-order valence-electron chi connectivity index (χ4n) is 7.62. The van der Waals surface area contributed by atoms with Crippen molar-refractivity contribution in [2.45, 2.75) is 78.7 Å². The average Bonchev–Trinajstić information content (AvgIpc) is 2.93. The highest BCUT2D eigenvalue weighted by Gasteiger charge is 2.62. The molecule has 0 spiro atoms. The number of ketones is 2. The summed E-state index contributed by atoms with van der Waals surface area (Å²) in [5.74, 6) is 1.90. The molecule has 0 aromatic carbocycles. The zero-order chi connectivity index (χ0) is 19.6. The van der Waals surface area contributed by atoms with E-state index >= 15 is 0 Å². The number of fused-ring (bicyclic) bond motifs is 5. The van der Waals surface area contributed by atoms with Crippen LogP contribution in [-0.2, 0) is 19.1 Å².